The normalized spacial score (nSPS) is 10.8. The van der Waals surface area contributed by atoms with Crippen molar-refractivity contribution < 1.29 is 9.53 Å². The summed E-state index contributed by atoms with van der Waals surface area (Å²) in [5, 5.41) is 1.93. The van der Waals surface area contributed by atoms with Gasteiger partial charge in [0, 0.05) is 0 Å². The third kappa shape index (κ3) is 2.87. The van der Waals surface area contributed by atoms with Crippen molar-refractivity contribution in [1.29, 1.82) is 0 Å². The Morgan fingerprint density at radius 2 is 1.94 bits per heavy atom. The molecule has 0 spiro atoms. The van der Waals surface area contributed by atoms with Gasteiger partial charge in [0.05, 0.1) is 12.0 Å². The van der Waals surface area contributed by atoms with Gasteiger partial charge in [0.2, 0.25) is 0 Å². The SMILES string of the molecule is COc1ccc(/C=C/C(=O)c2sccc2C)cc1. The van der Waals surface area contributed by atoms with Gasteiger partial charge in [-0.3, -0.25) is 4.79 Å². The molecule has 0 unspecified atom stereocenters. The van der Waals surface area contributed by atoms with E-state index < -0.39 is 0 Å². The fraction of sp³-hybridized carbons (Fsp3) is 0.133. The fourth-order valence-corrected chi connectivity index (χ4v) is 2.43. The summed E-state index contributed by atoms with van der Waals surface area (Å²) in [4.78, 5) is 12.7. The molecule has 0 amide bonds. The van der Waals surface area contributed by atoms with Crippen molar-refractivity contribution in [2.45, 2.75) is 6.92 Å². The van der Waals surface area contributed by atoms with E-state index in [9.17, 15) is 4.79 Å². The van der Waals surface area contributed by atoms with Crippen molar-refractivity contribution in [3.8, 4) is 5.75 Å². The Bertz CT molecular complexity index is 564. The van der Waals surface area contributed by atoms with Crippen LogP contribution in [0.3, 0.4) is 0 Å². The van der Waals surface area contributed by atoms with Crippen LogP contribution in [0.1, 0.15) is 20.8 Å². The van der Waals surface area contributed by atoms with E-state index in [2.05, 4.69) is 0 Å². The number of carbonyl (C=O) groups is 1. The van der Waals surface area contributed by atoms with Gasteiger partial charge in [-0.05, 0) is 47.7 Å². The second-order valence-corrected chi connectivity index (χ2v) is 4.82. The lowest BCUT2D eigenvalue weighted by molar-refractivity contribution is 0.105. The van der Waals surface area contributed by atoms with Gasteiger partial charge in [0.25, 0.3) is 0 Å². The second-order valence-electron chi connectivity index (χ2n) is 3.90. The molecule has 1 aromatic carbocycles. The van der Waals surface area contributed by atoms with Gasteiger partial charge >= 0.3 is 0 Å². The number of thiophene rings is 1. The number of rotatable bonds is 4. The van der Waals surface area contributed by atoms with Gasteiger partial charge < -0.3 is 4.74 Å². The first-order valence-corrected chi connectivity index (χ1v) is 6.49. The fourth-order valence-electron chi connectivity index (χ4n) is 1.59. The lowest BCUT2D eigenvalue weighted by Gasteiger charge is -1.99. The smallest absolute Gasteiger partial charge is 0.196 e. The number of hydrogen-bond donors (Lipinski definition) is 0. The molecular weight excluding hydrogens is 244 g/mol. The molecular formula is C15H14O2S. The number of aryl methyl sites for hydroxylation is 1. The zero-order chi connectivity index (χ0) is 13.0. The Labute approximate surface area is 111 Å². The highest BCUT2D eigenvalue weighted by Gasteiger charge is 2.06. The molecule has 0 aliphatic carbocycles. The summed E-state index contributed by atoms with van der Waals surface area (Å²) in [6.45, 7) is 1.95. The molecule has 2 rings (SSSR count). The monoisotopic (exact) mass is 258 g/mol. The number of benzene rings is 1. The molecule has 2 aromatic rings. The standard InChI is InChI=1S/C15H14O2S/c1-11-9-10-18-15(11)14(16)8-5-12-3-6-13(17-2)7-4-12/h3-10H,1-2H3/b8-5+. The zero-order valence-corrected chi connectivity index (χ0v) is 11.2. The highest BCUT2D eigenvalue weighted by atomic mass is 32.1. The van der Waals surface area contributed by atoms with Crippen LogP contribution in [0.15, 0.2) is 41.8 Å². The first-order chi connectivity index (χ1) is 8.70. The predicted octanol–water partition coefficient (Wildman–Crippen LogP) is 3.96. The van der Waals surface area contributed by atoms with Crippen LogP contribution in [-0.4, -0.2) is 12.9 Å². The molecule has 0 aliphatic rings. The summed E-state index contributed by atoms with van der Waals surface area (Å²) in [5.41, 5.74) is 2.02. The summed E-state index contributed by atoms with van der Waals surface area (Å²) < 4.78 is 5.08. The summed E-state index contributed by atoms with van der Waals surface area (Å²) in [5.74, 6) is 0.867. The van der Waals surface area contributed by atoms with Gasteiger partial charge in [0.1, 0.15) is 5.75 Å². The minimum atomic E-state index is 0.0540. The van der Waals surface area contributed by atoms with Crippen molar-refractivity contribution in [2.24, 2.45) is 0 Å². The van der Waals surface area contributed by atoms with Crippen molar-refractivity contribution in [3.05, 3.63) is 57.8 Å². The lowest BCUT2D eigenvalue weighted by atomic mass is 10.1. The van der Waals surface area contributed by atoms with Crippen LogP contribution in [0.4, 0.5) is 0 Å². The molecule has 1 aromatic heterocycles. The number of ether oxygens (including phenoxy) is 1. The van der Waals surface area contributed by atoms with Crippen LogP contribution in [-0.2, 0) is 0 Å². The van der Waals surface area contributed by atoms with Gasteiger partial charge in [-0.2, -0.15) is 0 Å². The predicted molar refractivity (Wildman–Crippen MR) is 75.4 cm³/mol. The molecule has 92 valence electrons. The van der Waals surface area contributed by atoms with E-state index in [0.29, 0.717) is 0 Å². The van der Waals surface area contributed by atoms with Gasteiger partial charge in [0.15, 0.2) is 5.78 Å². The quantitative estimate of drug-likeness (QED) is 0.613. The molecule has 18 heavy (non-hydrogen) atoms. The zero-order valence-electron chi connectivity index (χ0n) is 10.3. The van der Waals surface area contributed by atoms with E-state index in [0.717, 1.165) is 21.8 Å². The topological polar surface area (TPSA) is 26.3 Å². The van der Waals surface area contributed by atoms with Crippen LogP contribution in [0.2, 0.25) is 0 Å². The molecule has 0 saturated heterocycles. The van der Waals surface area contributed by atoms with Crippen LogP contribution in [0.25, 0.3) is 6.08 Å². The van der Waals surface area contributed by atoms with Crippen LogP contribution >= 0.6 is 11.3 Å². The van der Waals surface area contributed by atoms with Crippen molar-refractivity contribution >= 4 is 23.2 Å². The van der Waals surface area contributed by atoms with Crippen molar-refractivity contribution in [3.63, 3.8) is 0 Å². The van der Waals surface area contributed by atoms with Crippen LogP contribution < -0.4 is 4.74 Å². The highest BCUT2D eigenvalue weighted by molar-refractivity contribution is 7.12. The summed E-state index contributed by atoms with van der Waals surface area (Å²) in [7, 11) is 1.63. The Balaban J connectivity index is 2.11. The maximum absolute atomic E-state index is 11.9. The van der Waals surface area contributed by atoms with Gasteiger partial charge in [-0.15, -0.1) is 11.3 Å². The molecule has 0 radical (unpaired) electrons. The summed E-state index contributed by atoms with van der Waals surface area (Å²) in [6.07, 6.45) is 3.43. The second kappa shape index (κ2) is 5.65. The minimum absolute atomic E-state index is 0.0540. The Morgan fingerprint density at radius 1 is 1.22 bits per heavy atom. The van der Waals surface area contributed by atoms with Gasteiger partial charge in [-0.25, -0.2) is 0 Å². The molecule has 0 atom stereocenters. The molecule has 2 nitrogen and oxygen atoms in total. The highest BCUT2D eigenvalue weighted by Crippen LogP contribution is 2.17. The van der Waals surface area contributed by atoms with Gasteiger partial charge in [-0.1, -0.05) is 18.2 Å². The van der Waals surface area contributed by atoms with Crippen LogP contribution in [0.5, 0.6) is 5.75 Å². The number of hydrogen-bond acceptors (Lipinski definition) is 3. The van der Waals surface area contributed by atoms with E-state index >= 15 is 0 Å². The van der Waals surface area contributed by atoms with Crippen molar-refractivity contribution in [1.82, 2.24) is 0 Å². The average Bonchev–Trinajstić information content (AvgIpc) is 2.83. The van der Waals surface area contributed by atoms with E-state index in [-0.39, 0.29) is 5.78 Å². The molecule has 0 fully saturated rings. The maximum atomic E-state index is 11.9. The van der Waals surface area contributed by atoms with E-state index in [1.54, 1.807) is 13.2 Å². The Kier molecular flexibility index (Phi) is 3.95. The molecule has 3 heteroatoms. The number of ketones is 1. The summed E-state index contributed by atoms with van der Waals surface area (Å²) in [6, 6.07) is 9.55. The maximum Gasteiger partial charge on any atom is 0.196 e. The molecule has 1 heterocycles. The number of methoxy groups -OCH3 is 1. The first kappa shape index (κ1) is 12.6. The van der Waals surface area contributed by atoms with E-state index in [4.69, 9.17) is 4.74 Å². The summed E-state index contributed by atoms with van der Waals surface area (Å²) >= 11 is 1.48. The number of allylic oxidation sites excluding steroid dienone is 1. The molecule has 0 N–H and O–H groups in total. The third-order valence-corrected chi connectivity index (χ3v) is 3.66. The first-order valence-electron chi connectivity index (χ1n) is 5.61. The molecule has 0 aliphatic heterocycles. The average molecular weight is 258 g/mol. The number of carbonyl (C=O) groups excluding carboxylic acids is 1. The van der Waals surface area contributed by atoms with E-state index in [1.165, 1.54) is 11.3 Å². The lowest BCUT2D eigenvalue weighted by Crippen LogP contribution is -1.92. The third-order valence-electron chi connectivity index (χ3n) is 2.63. The van der Waals surface area contributed by atoms with Crippen molar-refractivity contribution in [2.75, 3.05) is 7.11 Å². The largest absolute Gasteiger partial charge is 0.497 e. The Hall–Kier alpha value is -1.87. The minimum Gasteiger partial charge on any atom is -0.497 e. The molecule has 0 bridgehead atoms. The molecule has 0 saturated carbocycles. The van der Waals surface area contributed by atoms with E-state index in [1.807, 2.05) is 48.7 Å². The van der Waals surface area contributed by atoms with Crippen LogP contribution in [0, 0.1) is 6.92 Å². The Morgan fingerprint density at radius 3 is 2.50 bits per heavy atom.